The smallest absolute Gasteiger partial charge is 0.335 e. The summed E-state index contributed by atoms with van der Waals surface area (Å²) in [6.45, 7) is 3.74. The highest BCUT2D eigenvalue weighted by Gasteiger charge is 2.19. The molecule has 6 nitrogen and oxygen atoms in total. The summed E-state index contributed by atoms with van der Waals surface area (Å²) in [5, 5.41) is 12.1. The first-order valence-electron chi connectivity index (χ1n) is 7.11. The average molecular weight is 291 g/mol. The number of rotatable bonds is 3. The van der Waals surface area contributed by atoms with Crippen LogP contribution in [0.3, 0.4) is 0 Å². The fraction of sp³-hybridized carbons (Fsp3) is 0.467. The highest BCUT2D eigenvalue weighted by atomic mass is 16.4. The van der Waals surface area contributed by atoms with Gasteiger partial charge in [0, 0.05) is 33.2 Å². The van der Waals surface area contributed by atoms with Gasteiger partial charge in [-0.25, -0.2) is 9.59 Å². The molecular formula is C15H21N3O3. The number of nitrogens with zero attached hydrogens (tertiary/aromatic N) is 2. The Labute approximate surface area is 124 Å². The summed E-state index contributed by atoms with van der Waals surface area (Å²) >= 11 is 0. The van der Waals surface area contributed by atoms with E-state index in [9.17, 15) is 9.59 Å². The fourth-order valence-corrected chi connectivity index (χ4v) is 2.37. The number of hydrogen-bond acceptors (Lipinski definition) is 3. The largest absolute Gasteiger partial charge is 0.478 e. The Balaban J connectivity index is 1.94. The van der Waals surface area contributed by atoms with Crippen LogP contribution in [0.25, 0.3) is 0 Å². The van der Waals surface area contributed by atoms with E-state index in [1.165, 1.54) is 0 Å². The lowest BCUT2D eigenvalue weighted by Crippen LogP contribution is -2.42. The van der Waals surface area contributed by atoms with E-state index in [4.69, 9.17) is 5.11 Å². The van der Waals surface area contributed by atoms with Crippen LogP contribution in [0, 0.1) is 0 Å². The molecule has 2 N–H and O–H groups in total. The molecule has 1 aliphatic rings. The van der Waals surface area contributed by atoms with Crippen LogP contribution in [-0.2, 0) is 6.54 Å². The van der Waals surface area contributed by atoms with Crippen LogP contribution in [0.2, 0.25) is 0 Å². The van der Waals surface area contributed by atoms with Crippen LogP contribution in [-0.4, -0.2) is 60.1 Å². The van der Waals surface area contributed by atoms with Gasteiger partial charge in [-0.15, -0.1) is 0 Å². The number of amides is 2. The monoisotopic (exact) mass is 291 g/mol. The maximum Gasteiger partial charge on any atom is 0.335 e. The van der Waals surface area contributed by atoms with E-state index in [1.54, 1.807) is 36.2 Å². The molecular weight excluding hydrogens is 270 g/mol. The summed E-state index contributed by atoms with van der Waals surface area (Å²) in [6.07, 6.45) is 0.965. The Bertz CT molecular complexity index is 493. The summed E-state index contributed by atoms with van der Waals surface area (Å²) < 4.78 is 0. The molecule has 2 rings (SSSR count). The van der Waals surface area contributed by atoms with Crippen molar-refractivity contribution in [2.45, 2.75) is 13.0 Å². The number of carboxylic acids is 1. The average Bonchev–Trinajstić information content (AvgIpc) is 2.76. The Morgan fingerprint density at radius 2 is 1.95 bits per heavy atom. The van der Waals surface area contributed by atoms with E-state index >= 15 is 0 Å². The van der Waals surface area contributed by atoms with E-state index in [0.29, 0.717) is 6.54 Å². The van der Waals surface area contributed by atoms with Crippen LogP contribution in [0.15, 0.2) is 24.3 Å². The Kier molecular flexibility index (Phi) is 5.16. The standard InChI is InChI=1S/C15H21N3O3/c1-17(15(21)18-9-2-7-16-8-10-18)11-12-3-5-13(6-4-12)14(19)20/h3-6,16H,2,7-11H2,1H3,(H,19,20). The number of aromatic carboxylic acids is 1. The molecule has 1 aliphatic heterocycles. The lowest BCUT2D eigenvalue weighted by atomic mass is 10.1. The molecule has 0 aliphatic carbocycles. The van der Waals surface area contributed by atoms with E-state index < -0.39 is 5.97 Å². The van der Waals surface area contributed by atoms with Gasteiger partial charge in [-0.2, -0.15) is 0 Å². The van der Waals surface area contributed by atoms with E-state index in [-0.39, 0.29) is 11.6 Å². The maximum absolute atomic E-state index is 12.4. The van der Waals surface area contributed by atoms with Gasteiger partial charge in [0.2, 0.25) is 0 Å². The predicted molar refractivity (Wildman–Crippen MR) is 79.3 cm³/mol. The molecule has 6 heteroatoms. The molecule has 1 aromatic carbocycles. The van der Waals surface area contributed by atoms with E-state index in [2.05, 4.69) is 5.32 Å². The Morgan fingerprint density at radius 3 is 2.62 bits per heavy atom. The van der Waals surface area contributed by atoms with Crippen molar-refractivity contribution in [2.75, 3.05) is 33.2 Å². The van der Waals surface area contributed by atoms with Crippen LogP contribution in [0.1, 0.15) is 22.3 Å². The summed E-state index contributed by atoms with van der Waals surface area (Å²) in [6, 6.07) is 6.63. The zero-order chi connectivity index (χ0) is 15.2. The predicted octanol–water partition coefficient (Wildman–Crippen LogP) is 1.23. The van der Waals surface area contributed by atoms with E-state index in [0.717, 1.165) is 38.2 Å². The zero-order valence-electron chi connectivity index (χ0n) is 12.2. The first-order chi connectivity index (χ1) is 10.1. The van der Waals surface area contributed by atoms with Gasteiger partial charge in [0.25, 0.3) is 0 Å². The number of hydrogen-bond donors (Lipinski definition) is 2. The topological polar surface area (TPSA) is 72.9 Å². The molecule has 1 heterocycles. The van der Waals surface area contributed by atoms with Crippen LogP contribution >= 0.6 is 0 Å². The van der Waals surface area contributed by atoms with Crippen molar-refractivity contribution in [3.8, 4) is 0 Å². The minimum Gasteiger partial charge on any atom is -0.478 e. The van der Waals surface area contributed by atoms with E-state index in [1.807, 2.05) is 4.90 Å². The maximum atomic E-state index is 12.4. The summed E-state index contributed by atoms with van der Waals surface area (Å²) in [7, 11) is 1.77. The summed E-state index contributed by atoms with van der Waals surface area (Å²) in [4.78, 5) is 26.7. The molecule has 114 valence electrons. The quantitative estimate of drug-likeness (QED) is 0.878. The van der Waals surface area contributed by atoms with Crippen LogP contribution < -0.4 is 5.32 Å². The third-order valence-electron chi connectivity index (χ3n) is 3.56. The number of urea groups is 1. The molecule has 0 spiro atoms. The molecule has 0 atom stereocenters. The molecule has 0 unspecified atom stereocenters. The van der Waals surface area contributed by atoms with Crippen LogP contribution in [0.4, 0.5) is 4.79 Å². The Hall–Kier alpha value is -2.08. The second kappa shape index (κ2) is 7.08. The molecule has 1 saturated heterocycles. The minimum absolute atomic E-state index is 0.0148. The number of nitrogens with one attached hydrogen (secondary N) is 1. The highest BCUT2D eigenvalue weighted by molar-refractivity contribution is 5.87. The fourth-order valence-electron chi connectivity index (χ4n) is 2.37. The van der Waals surface area contributed by atoms with Crippen molar-refractivity contribution < 1.29 is 14.7 Å². The number of carbonyl (C=O) groups is 2. The number of benzene rings is 1. The van der Waals surface area contributed by atoms with Crippen molar-refractivity contribution in [2.24, 2.45) is 0 Å². The van der Waals surface area contributed by atoms with Crippen molar-refractivity contribution in [1.29, 1.82) is 0 Å². The third kappa shape index (κ3) is 4.19. The summed E-state index contributed by atoms with van der Waals surface area (Å²) in [5.74, 6) is -0.942. The lowest BCUT2D eigenvalue weighted by molar-refractivity contribution is 0.0696. The molecule has 0 radical (unpaired) electrons. The van der Waals surface area contributed by atoms with Crippen molar-refractivity contribution >= 4 is 12.0 Å². The first kappa shape index (κ1) is 15.3. The molecule has 2 amide bonds. The normalized spacial score (nSPS) is 15.4. The van der Waals surface area contributed by atoms with Crippen LogP contribution in [0.5, 0.6) is 0 Å². The zero-order valence-corrected chi connectivity index (χ0v) is 12.2. The van der Waals surface area contributed by atoms with Crippen molar-refractivity contribution in [3.63, 3.8) is 0 Å². The second-order valence-electron chi connectivity index (χ2n) is 5.23. The highest BCUT2D eigenvalue weighted by Crippen LogP contribution is 2.09. The van der Waals surface area contributed by atoms with Gasteiger partial charge < -0.3 is 20.2 Å². The molecule has 21 heavy (non-hydrogen) atoms. The first-order valence-corrected chi connectivity index (χ1v) is 7.11. The number of carboxylic acid groups (broad SMARTS) is 1. The molecule has 0 aromatic heterocycles. The van der Waals surface area contributed by atoms with Gasteiger partial charge in [-0.05, 0) is 30.7 Å². The van der Waals surface area contributed by atoms with Gasteiger partial charge in [0.1, 0.15) is 0 Å². The SMILES string of the molecule is CN(Cc1ccc(C(=O)O)cc1)C(=O)N1CCCNCC1. The van der Waals surface area contributed by atoms with Crippen molar-refractivity contribution in [1.82, 2.24) is 15.1 Å². The lowest BCUT2D eigenvalue weighted by Gasteiger charge is -2.27. The Morgan fingerprint density at radius 1 is 1.24 bits per heavy atom. The minimum atomic E-state index is -0.942. The molecule has 1 fully saturated rings. The van der Waals surface area contributed by atoms with Gasteiger partial charge in [0.05, 0.1) is 5.56 Å². The molecule has 0 bridgehead atoms. The van der Waals surface area contributed by atoms with Gasteiger partial charge in [-0.1, -0.05) is 12.1 Å². The number of carbonyl (C=O) groups excluding carboxylic acids is 1. The second-order valence-corrected chi connectivity index (χ2v) is 5.23. The van der Waals surface area contributed by atoms with Gasteiger partial charge in [0.15, 0.2) is 0 Å². The van der Waals surface area contributed by atoms with Crippen molar-refractivity contribution in [3.05, 3.63) is 35.4 Å². The molecule has 0 saturated carbocycles. The molecule has 1 aromatic rings. The van der Waals surface area contributed by atoms with Gasteiger partial charge >= 0.3 is 12.0 Å². The van der Waals surface area contributed by atoms with Gasteiger partial charge in [-0.3, -0.25) is 0 Å². The summed E-state index contributed by atoms with van der Waals surface area (Å²) in [5.41, 5.74) is 1.18. The third-order valence-corrected chi connectivity index (χ3v) is 3.56.